The second-order valence-corrected chi connectivity index (χ2v) is 7.00. The van der Waals surface area contributed by atoms with Gasteiger partial charge in [0.15, 0.2) is 0 Å². The van der Waals surface area contributed by atoms with E-state index in [1.54, 1.807) is 24.3 Å². The van der Waals surface area contributed by atoms with E-state index in [4.69, 9.17) is 11.6 Å². The molecule has 2 aromatic carbocycles. The molecule has 0 spiro atoms. The van der Waals surface area contributed by atoms with Crippen LogP contribution in [-0.4, -0.2) is 38.5 Å². The molecular weight excluding hydrogens is 437 g/mol. The molecule has 12 heteroatoms. The first-order valence-corrected chi connectivity index (χ1v) is 9.33. The number of tetrazole rings is 1. The minimum absolute atomic E-state index is 0.0356. The molecule has 162 valence electrons. The van der Waals surface area contributed by atoms with Gasteiger partial charge in [0.1, 0.15) is 6.04 Å². The van der Waals surface area contributed by atoms with Crippen LogP contribution in [0.4, 0.5) is 19.1 Å². The fraction of sp³-hybridized carbons (Fsp3) is 0.211. The van der Waals surface area contributed by atoms with Gasteiger partial charge in [-0.3, -0.25) is 14.9 Å². The van der Waals surface area contributed by atoms with Crippen molar-refractivity contribution in [1.82, 2.24) is 25.9 Å². The van der Waals surface area contributed by atoms with E-state index in [2.05, 4.69) is 31.3 Å². The molecule has 1 heterocycles. The van der Waals surface area contributed by atoms with Crippen LogP contribution in [0.5, 0.6) is 0 Å². The van der Waals surface area contributed by atoms with Gasteiger partial charge >= 0.3 is 6.18 Å². The summed E-state index contributed by atoms with van der Waals surface area (Å²) in [6.45, 7) is 0. The Labute approximate surface area is 179 Å². The zero-order chi connectivity index (χ0) is 22.4. The number of aromatic amines is 1. The number of anilines is 1. The molecule has 1 atom stereocenters. The Morgan fingerprint density at radius 3 is 2.45 bits per heavy atom. The summed E-state index contributed by atoms with van der Waals surface area (Å²) in [5.41, 5.74) is 0.250. The molecule has 3 N–H and O–H groups in total. The zero-order valence-electron chi connectivity index (χ0n) is 15.8. The highest BCUT2D eigenvalue weighted by molar-refractivity contribution is 6.30. The average Bonchev–Trinajstić information content (AvgIpc) is 3.20. The standard InChI is InChI=1S/C19H16ClF3N6O2/c20-14-3-1-2-12(8-14)10-16(30)24-15(17(31)25-18-26-28-29-27-18)9-11-4-6-13(7-5-11)19(21,22)23/h1-8,15H,9-10H2,(H,24,30)(H2,25,26,27,28,29,31). The summed E-state index contributed by atoms with van der Waals surface area (Å²) >= 11 is 5.92. The maximum Gasteiger partial charge on any atom is 0.416 e. The van der Waals surface area contributed by atoms with Crippen LogP contribution < -0.4 is 10.6 Å². The first-order chi connectivity index (χ1) is 14.7. The summed E-state index contributed by atoms with van der Waals surface area (Å²) in [6.07, 6.45) is -4.56. The molecule has 1 unspecified atom stereocenters. The van der Waals surface area contributed by atoms with Gasteiger partial charge in [0.2, 0.25) is 17.8 Å². The third-order valence-corrected chi connectivity index (χ3v) is 4.45. The van der Waals surface area contributed by atoms with Gasteiger partial charge in [0.05, 0.1) is 12.0 Å². The Bertz CT molecular complexity index is 1040. The number of nitrogens with one attached hydrogen (secondary N) is 3. The van der Waals surface area contributed by atoms with Crippen molar-refractivity contribution in [1.29, 1.82) is 0 Å². The van der Waals surface area contributed by atoms with Crippen molar-refractivity contribution in [3.05, 3.63) is 70.2 Å². The summed E-state index contributed by atoms with van der Waals surface area (Å²) in [7, 11) is 0. The lowest BCUT2D eigenvalue weighted by Crippen LogP contribution is -2.46. The molecule has 1 aromatic heterocycles. The van der Waals surface area contributed by atoms with Crippen LogP contribution in [0, 0.1) is 0 Å². The molecule has 2 amide bonds. The van der Waals surface area contributed by atoms with Gasteiger partial charge in [0, 0.05) is 11.4 Å². The van der Waals surface area contributed by atoms with E-state index in [1.807, 2.05) is 0 Å². The topological polar surface area (TPSA) is 113 Å². The number of rotatable bonds is 7. The van der Waals surface area contributed by atoms with E-state index >= 15 is 0 Å². The van der Waals surface area contributed by atoms with Gasteiger partial charge < -0.3 is 5.32 Å². The SMILES string of the molecule is O=C(Cc1cccc(Cl)c1)NC(Cc1ccc(C(F)(F)F)cc1)C(=O)Nc1nnn[nH]1. The predicted molar refractivity (Wildman–Crippen MR) is 105 cm³/mol. The van der Waals surface area contributed by atoms with Gasteiger partial charge in [-0.05, 0) is 45.8 Å². The number of alkyl halides is 3. The number of halogens is 4. The van der Waals surface area contributed by atoms with E-state index in [9.17, 15) is 22.8 Å². The van der Waals surface area contributed by atoms with Gasteiger partial charge in [-0.1, -0.05) is 41.0 Å². The van der Waals surface area contributed by atoms with Crippen LogP contribution in [0.2, 0.25) is 5.02 Å². The highest BCUT2D eigenvalue weighted by atomic mass is 35.5. The van der Waals surface area contributed by atoms with Gasteiger partial charge in [-0.25, -0.2) is 5.10 Å². The third-order valence-electron chi connectivity index (χ3n) is 4.21. The second kappa shape index (κ2) is 9.56. The molecule has 3 aromatic rings. The Morgan fingerprint density at radius 2 is 1.84 bits per heavy atom. The van der Waals surface area contributed by atoms with E-state index in [1.165, 1.54) is 12.1 Å². The maximum atomic E-state index is 12.8. The molecule has 0 saturated heterocycles. The first-order valence-electron chi connectivity index (χ1n) is 8.95. The molecule has 31 heavy (non-hydrogen) atoms. The third kappa shape index (κ3) is 6.51. The number of hydrogen-bond acceptors (Lipinski definition) is 5. The Kier molecular flexibility index (Phi) is 6.85. The van der Waals surface area contributed by atoms with E-state index in [0.29, 0.717) is 16.1 Å². The molecule has 0 aliphatic carbocycles. The number of hydrogen-bond donors (Lipinski definition) is 3. The fourth-order valence-electron chi connectivity index (χ4n) is 2.77. The van der Waals surface area contributed by atoms with Crippen LogP contribution in [0.3, 0.4) is 0 Å². The molecule has 3 rings (SSSR count). The molecule has 0 fully saturated rings. The van der Waals surface area contributed by atoms with E-state index in [-0.39, 0.29) is 18.8 Å². The van der Waals surface area contributed by atoms with Crippen LogP contribution in [-0.2, 0) is 28.6 Å². The van der Waals surface area contributed by atoms with Crippen molar-refractivity contribution >= 4 is 29.4 Å². The molecule has 0 radical (unpaired) electrons. The lowest BCUT2D eigenvalue weighted by atomic mass is 10.0. The number of aromatic nitrogens is 4. The largest absolute Gasteiger partial charge is 0.416 e. The summed E-state index contributed by atoms with van der Waals surface area (Å²) in [5.74, 6) is -1.14. The smallest absolute Gasteiger partial charge is 0.344 e. The molecule has 0 saturated carbocycles. The second-order valence-electron chi connectivity index (χ2n) is 6.56. The van der Waals surface area contributed by atoms with E-state index in [0.717, 1.165) is 12.1 Å². The highest BCUT2D eigenvalue weighted by Gasteiger charge is 2.30. The van der Waals surface area contributed by atoms with Crippen molar-refractivity contribution in [2.24, 2.45) is 0 Å². The number of nitrogens with zero attached hydrogens (tertiary/aromatic N) is 3. The highest BCUT2D eigenvalue weighted by Crippen LogP contribution is 2.29. The Balaban J connectivity index is 1.73. The quantitative estimate of drug-likeness (QED) is 0.510. The molecular formula is C19H16ClF3N6O2. The monoisotopic (exact) mass is 452 g/mol. The van der Waals surface area contributed by atoms with Crippen molar-refractivity contribution in [2.45, 2.75) is 25.1 Å². The summed E-state index contributed by atoms with van der Waals surface area (Å²) < 4.78 is 38.3. The fourth-order valence-corrected chi connectivity index (χ4v) is 2.98. The predicted octanol–water partition coefficient (Wildman–Crippen LogP) is 2.78. The average molecular weight is 453 g/mol. The Hall–Kier alpha value is -3.47. The Morgan fingerprint density at radius 1 is 1.10 bits per heavy atom. The van der Waals surface area contributed by atoms with Crippen molar-refractivity contribution in [3.8, 4) is 0 Å². The molecule has 8 nitrogen and oxygen atoms in total. The zero-order valence-corrected chi connectivity index (χ0v) is 16.5. The number of amides is 2. The molecule has 0 aliphatic rings. The van der Waals surface area contributed by atoms with Crippen LogP contribution in [0.15, 0.2) is 48.5 Å². The summed E-state index contributed by atoms with van der Waals surface area (Å²) in [5, 5.41) is 18.0. The van der Waals surface area contributed by atoms with Crippen LogP contribution in [0.1, 0.15) is 16.7 Å². The minimum Gasteiger partial charge on any atom is -0.344 e. The van der Waals surface area contributed by atoms with Crippen molar-refractivity contribution in [2.75, 3.05) is 5.32 Å². The minimum atomic E-state index is -4.47. The van der Waals surface area contributed by atoms with Crippen molar-refractivity contribution < 1.29 is 22.8 Å². The summed E-state index contributed by atoms with van der Waals surface area (Å²) in [4.78, 5) is 25.1. The normalized spacial score (nSPS) is 12.3. The number of benzene rings is 2. The van der Waals surface area contributed by atoms with Gasteiger partial charge in [0.25, 0.3) is 0 Å². The number of H-pyrrole nitrogens is 1. The van der Waals surface area contributed by atoms with E-state index < -0.39 is 29.6 Å². The van der Waals surface area contributed by atoms with Crippen molar-refractivity contribution in [3.63, 3.8) is 0 Å². The number of carbonyl (C=O) groups excluding carboxylic acids is 2. The van der Waals surface area contributed by atoms with Crippen LogP contribution >= 0.6 is 11.6 Å². The first kappa shape index (κ1) is 22.2. The van der Waals surface area contributed by atoms with Gasteiger partial charge in [-0.2, -0.15) is 13.2 Å². The lowest BCUT2D eigenvalue weighted by molar-refractivity contribution is -0.137. The molecule has 0 bridgehead atoms. The lowest BCUT2D eigenvalue weighted by Gasteiger charge is -2.18. The maximum absolute atomic E-state index is 12.8. The molecule has 0 aliphatic heterocycles. The van der Waals surface area contributed by atoms with Gasteiger partial charge in [-0.15, -0.1) is 0 Å². The summed E-state index contributed by atoms with van der Waals surface area (Å²) in [6, 6.07) is 9.92. The van der Waals surface area contributed by atoms with Crippen LogP contribution in [0.25, 0.3) is 0 Å². The number of carbonyl (C=O) groups is 2.